The fourth-order valence-electron chi connectivity index (χ4n) is 2.27. The molecule has 2 aromatic carbocycles. The highest BCUT2D eigenvalue weighted by Gasteiger charge is 2.23. The third kappa shape index (κ3) is 5.91. The first-order chi connectivity index (χ1) is 12.8. The third-order valence-electron chi connectivity index (χ3n) is 3.74. The quantitative estimate of drug-likeness (QED) is 0.764. The second kappa shape index (κ2) is 8.93. The maximum Gasteiger partial charge on any atom is 0.329 e. The topological polar surface area (TPSA) is 84.5 Å². The Hall–Kier alpha value is -3.22. The van der Waals surface area contributed by atoms with Gasteiger partial charge in [0, 0.05) is 11.3 Å². The predicted molar refractivity (Wildman–Crippen MR) is 98.7 cm³/mol. The van der Waals surface area contributed by atoms with Gasteiger partial charge in [-0.25, -0.2) is 9.18 Å². The van der Waals surface area contributed by atoms with Crippen molar-refractivity contribution in [2.24, 2.45) is 0 Å². The lowest BCUT2D eigenvalue weighted by molar-refractivity contribution is -0.154. The molecule has 2 amide bonds. The van der Waals surface area contributed by atoms with Crippen molar-refractivity contribution in [3.8, 4) is 0 Å². The molecule has 2 atom stereocenters. The number of ether oxygens (including phenoxy) is 1. The van der Waals surface area contributed by atoms with Crippen molar-refractivity contribution in [2.75, 3.05) is 5.32 Å². The molecule has 0 saturated heterocycles. The molecule has 0 fully saturated rings. The van der Waals surface area contributed by atoms with Crippen LogP contribution in [0.4, 0.5) is 10.1 Å². The van der Waals surface area contributed by atoms with E-state index in [4.69, 9.17) is 4.74 Å². The van der Waals surface area contributed by atoms with Crippen LogP contribution < -0.4 is 10.6 Å². The van der Waals surface area contributed by atoms with Crippen molar-refractivity contribution >= 4 is 23.5 Å². The van der Waals surface area contributed by atoms with Gasteiger partial charge in [-0.05, 0) is 51.1 Å². The van der Waals surface area contributed by atoms with Crippen molar-refractivity contribution < 1.29 is 23.5 Å². The summed E-state index contributed by atoms with van der Waals surface area (Å²) in [7, 11) is 0. The molecule has 2 rings (SSSR count). The first-order valence-corrected chi connectivity index (χ1v) is 8.40. The van der Waals surface area contributed by atoms with E-state index in [0.29, 0.717) is 5.56 Å². The summed E-state index contributed by atoms with van der Waals surface area (Å²) in [6.45, 7) is 4.71. The second-order valence-electron chi connectivity index (χ2n) is 6.14. The van der Waals surface area contributed by atoms with Gasteiger partial charge < -0.3 is 15.4 Å². The molecule has 0 saturated carbocycles. The number of nitrogens with one attached hydrogen (secondary N) is 2. The number of anilines is 1. The fraction of sp³-hybridized carbons (Fsp3) is 0.250. The average molecular weight is 372 g/mol. The van der Waals surface area contributed by atoms with Crippen LogP contribution in [0.15, 0.2) is 48.5 Å². The molecular weight excluding hydrogens is 351 g/mol. The molecule has 2 N–H and O–H groups in total. The first kappa shape index (κ1) is 20.1. The summed E-state index contributed by atoms with van der Waals surface area (Å²) in [6, 6.07) is 11.3. The van der Waals surface area contributed by atoms with Crippen LogP contribution >= 0.6 is 0 Å². The Kier molecular flexibility index (Phi) is 6.65. The summed E-state index contributed by atoms with van der Waals surface area (Å²) in [4.78, 5) is 36.4. The molecular formula is C20H21FN2O4. The molecule has 27 heavy (non-hydrogen) atoms. The molecule has 6 nitrogen and oxygen atoms in total. The molecule has 0 bridgehead atoms. The molecule has 2 aromatic rings. The Morgan fingerprint density at radius 2 is 1.74 bits per heavy atom. The lowest BCUT2D eigenvalue weighted by Crippen LogP contribution is -2.42. The van der Waals surface area contributed by atoms with Crippen LogP contribution in [0.3, 0.4) is 0 Å². The Balaban J connectivity index is 1.89. The summed E-state index contributed by atoms with van der Waals surface area (Å²) in [5, 5.41) is 4.99. The van der Waals surface area contributed by atoms with Crippen molar-refractivity contribution in [3.63, 3.8) is 0 Å². The lowest BCUT2D eigenvalue weighted by atomic mass is 10.1. The largest absolute Gasteiger partial charge is 0.451 e. The minimum atomic E-state index is -1.11. The summed E-state index contributed by atoms with van der Waals surface area (Å²) in [5.41, 5.74) is 1.59. The molecule has 0 radical (unpaired) electrons. The summed E-state index contributed by atoms with van der Waals surface area (Å²) in [6.07, 6.45) is -1.11. The van der Waals surface area contributed by atoms with E-state index in [2.05, 4.69) is 10.6 Å². The van der Waals surface area contributed by atoms with Crippen LogP contribution in [0, 0.1) is 12.7 Å². The van der Waals surface area contributed by atoms with Crippen LogP contribution in [0.25, 0.3) is 0 Å². The minimum absolute atomic E-state index is 0.253. The van der Waals surface area contributed by atoms with Crippen molar-refractivity contribution in [3.05, 3.63) is 65.5 Å². The van der Waals surface area contributed by atoms with E-state index in [0.717, 1.165) is 11.6 Å². The number of hydrogen-bond acceptors (Lipinski definition) is 4. The number of rotatable bonds is 6. The Bertz CT molecular complexity index is 853. The van der Waals surface area contributed by atoms with E-state index in [1.165, 1.54) is 32.0 Å². The molecule has 0 unspecified atom stereocenters. The number of esters is 1. The average Bonchev–Trinajstić information content (AvgIpc) is 2.61. The fourth-order valence-corrected chi connectivity index (χ4v) is 2.27. The minimum Gasteiger partial charge on any atom is -0.451 e. The van der Waals surface area contributed by atoms with E-state index >= 15 is 0 Å². The number of carbonyl (C=O) groups is 3. The maximum absolute atomic E-state index is 13.1. The van der Waals surface area contributed by atoms with Crippen molar-refractivity contribution in [2.45, 2.75) is 32.9 Å². The predicted octanol–water partition coefficient (Wildman–Crippen LogP) is 2.82. The summed E-state index contributed by atoms with van der Waals surface area (Å²) in [5.74, 6) is -2.27. The van der Waals surface area contributed by atoms with Crippen LogP contribution in [0.2, 0.25) is 0 Å². The molecule has 0 aromatic heterocycles. The molecule has 7 heteroatoms. The monoisotopic (exact) mass is 372 g/mol. The van der Waals surface area contributed by atoms with Gasteiger partial charge in [-0.15, -0.1) is 0 Å². The van der Waals surface area contributed by atoms with E-state index in [1.807, 2.05) is 13.0 Å². The number of halogens is 1. The number of hydrogen-bond donors (Lipinski definition) is 2. The molecule has 142 valence electrons. The number of amides is 2. The number of aryl methyl sites for hydroxylation is 1. The summed E-state index contributed by atoms with van der Waals surface area (Å²) < 4.78 is 18.2. The van der Waals surface area contributed by atoms with Gasteiger partial charge in [-0.1, -0.05) is 23.8 Å². The number of carbonyl (C=O) groups excluding carboxylic acids is 3. The SMILES string of the molecule is Cc1cccc(C(=O)N[C@@H](C)C(=O)O[C@H](C)C(=O)Nc2cccc(F)c2)c1. The van der Waals surface area contributed by atoms with Crippen molar-refractivity contribution in [1.82, 2.24) is 5.32 Å². The van der Waals surface area contributed by atoms with E-state index in [9.17, 15) is 18.8 Å². The van der Waals surface area contributed by atoms with Crippen LogP contribution in [0.5, 0.6) is 0 Å². The summed E-state index contributed by atoms with van der Waals surface area (Å²) >= 11 is 0. The van der Waals surface area contributed by atoms with Gasteiger partial charge in [-0.3, -0.25) is 9.59 Å². The molecule has 0 spiro atoms. The smallest absolute Gasteiger partial charge is 0.329 e. The van der Waals surface area contributed by atoms with Gasteiger partial charge in [0.25, 0.3) is 11.8 Å². The molecule has 0 aliphatic heterocycles. The normalized spacial score (nSPS) is 12.6. The lowest BCUT2D eigenvalue weighted by Gasteiger charge is -2.17. The van der Waals surface area contributed by atoms with Gasteiger partial charge >= 0.3 is 5.97 Å². The van der Waals surface area contributed by atoms with Crippen LogP contribution in [0.1, 0.15) is 29.8 Å². The molecule has 0 aliphatic carbocycles. The highest BCUT2D eigenvalue weighted by molar-refractivity contribution is 5.98. The third-order valence-corrected chi connectivity index (χ3v) is 3.74. The van der Waals surface area contributed by atoms with Gasteiger partial charge in [0.2, 0.25) is 0 Å². The first-order valence-electron chi connectivity index (χ1n) is 8.40. The van der Waals surface area contributed by atoms with Gasteiger partial charge in [-0.2, -0.15) is 0 Å². The highest BCUT2D eigenvalue weighted by Crippen LogP contribution is 2.10. The van der Waals surface area contributed by atoms with E-state index in [-0.39, 0.29) is 5.69 Å². The molecule has 0 aliphatic rings. The van der Waals surface area contributed by atoms with E-state index < -0.39 is 35.7 Å². The Morgan fingerprint density at radius 3 is 2.41 bits per heavy atom. The zero-order valence-electron chi connectivity index (χ0n) is 15.3. The van der Waals surface area contributed by atoms with Gasteiger partial charge in [0.15, 0.2) is 6.10 Å². The standard InChI is InChI=1S/C20H21FN2O4/c1-12-6-4-7-15(10-12)19(25)22-13(2)20(26)27-14(3)18(24)23-17-9-5-8-16(21)11-17/h4-11,13-14H,1-3H3,(H,22,25)(H,23,24)/t13-,14+/m0/s1. The van der Waals surface area contributed by atoms with Gasteiger partial charge in [0.1, 0.15) is 11.9 Å². The van der Waals surface area contributed by atoms with Crippen LogP contribution in [-0.4, -0.2) is 29.9 Å². The van der Waals surface area contributed by atoms with Crippen LogP contribution in [-0.2, 0) is 14.3 Å². The molecule has 0 heterocycles. The number of benzene rings is 2. The van der Waals surface area contributed by atoms with Crippen molar-refractivity contribution in [1.29, 1.82) is 0 Å². The Morgan fingerprint density at radius 1 is 1.04 bits per heavy atom. The maximum atomic E-state index is 13.1. The second-order valence-corrected chi connectivity index (χ2v) is 6.14. The van der Waals surface area contributed by atoms with E-state index in [1.54, 1.807) is 18.2 Å². The Labute approximate surface area is 156 Å². The zero-order chi connectivity index (χ0) is 20.0. The van der Waals surface area contributed by atoms with Gasteiger partial charge in [0.05, 0.1) is 0 Å². The zero-order valence-corrected chi connectivity index (χ0v) is 15.3. The highest BCUT2D eigenvalue weighted by atomic mass is 19.1.